The number of carbonyl (C=O) groups is 1. The Morgan fingerprint density at radius 2 is 2.00 bits per heavy atom. The molecule has 2 aliphatic rings. The van der Waals surface area contributed by atoms with Gasteiger partial charge in [-0.15, -0.1) is 0 Å². The number of hydrogen-bond donors (Lipinski definition) is 0. The van der Waals surface area contributed by atoms with Crippen LogP contribution >= 0.6 is 0 Å². The third-order valence-corrected chi connectivity index (χ3v) is 4.00. The van der Waals surface area contributed by atoms with Gasteiger partial charge < -0.3 is 14.4 Å². The third-order valence-electron chi connectivity index (χ3n) is 4.00. The molecule has 5 nitrogen and oxygen atoms in total. The number of ether oxygens (including phenoxy) is 2. The lowest BCUT2D eigenvalue weighted by Crippen LogP contribution is -2.42. The Morgan fingerprint density at radius 3 is 2.73 bits per heavy atom. The highest BCUT2D eigenvalue weighted by Gasteiger charge is 2.26. The summed E-state index contributed by atoms with van der Waals surface area (Å²) in [4.78, 5) is 15.2. The van der Waals surface area contributed by atoms with Crippen molar-refractivity contribution >= 4 is 6.09 Å². The minimum atomic E-state index is -0.863. The highest BCUT2D eigenvalue weighted by Crippen LogP contribution is 2.23. The van der Waals surface area contributed by atoms with Crippen LogP contribution in [0.2, 0.25) is 0 Å². The molecule has 2 saturated heterocycles. The average molecular weight is 312 g/mol. The molecule has 0 bridgehead atoms. The summed E-state index contributed by atoms with van der Waals surface area (Å²) in [5.41, 5.74) is 0.629. The fourth-order valence-electron chi connectivity index (χ4n) is 2.71. The molecule has 7 heteroatoms. The maximum Gasteiger partial charge on any atom is 0.409 e. The molecule has 120 valence electrons. The maximum atomic E-state index is 13.3. The van der Waals surface area contributed by atoms with E-state index in [1.807, 2.05) is 0 Å². The van der Waals surface area contributed by atoms with Crippen LogP contribution in [0.1, 0.15) is 11.7 Å². The molecule has 0 N–H and O–H groups in total. The number of morpholine rings is 1. The third kappa shape index (κ3) is 3.36. The largest absolute Gasteiger partial charge is 0.448 e. The molecule has 1 unspecified atom stereocenters. The molecule has 1 amide bonds. The van der Waals surface area contributed by atoms with Crippen molar-refractivity contribution in [3.8, 4) is 0 Å². The quantitative estimate of drug-likeness (QED) is 0.850. The number of hydrogen-bond acceptors (Lipinski definition) is 4. The van der Waals surface area contributed by atoms with E-state index in [0.717, 1.165) is 12.6 Å². The Labute approximate surface area is 127 Å². The molecule has 0 aliphatic carbocycles. The molecule has 22 heavy (non-hydrogen) atoms. The van der Waals surface area contributed by atoms with Crippen LogP contribution in [0.5, 0.6) is 0 Å². The van der Waals surface area contributed by atoms with Gasteiger partial charge in [0, 0.05) is 26.2 Å². The highest BCUT2D eigenvalue weighted by atomic mass is 19.2. The van der Waals surface area contributed by atoms with Crippen LogP contribution < -0.4 is 0 Å². The summed E-state index contributed by atoms with van der Waals surface area (Å²) in [6.07, 6.45) is -0.556. The molecule has 0 spiro atoms. The van der Waals surface area contributed by atoms with Gasteiger partial charge in [0.15, 0.2) is 11.6 Å². The van der Waals surface area contributed by atoms with Gasteiger partial charge in [0.25, 0.3) is 0 Å². The molecule has 1 aromatic carbocycles. The molecule has 0 radical (unpaired) electrons. The van der Waals surface area contributed by atoms with E-state index in [-0.39, 0.29) is 12.2 Å². The van der Waals surface area contributed by atoms with Crippen molar-refractivity contribution in [1.29, 1.82) is 0 Å². The zero-order valence-corrected chi connectivity index (χ0v) is 12.1. The fraction of sp³-hybridized carbons (Fsp3) is 0.533. The predicted molar refractivity (Wildman–Crippen MR) is 74.4 cm³/mol. The minimum absolute atomic E-state index is 0.273. The summed E-state index contributed by atoms with van der Waals surface area (Å²) < 4.78 is 36.9. The number of halogens is 2. The van der Waals surface area contributed by atoms with Crippen molar-refractivity contribution in [2.75, 3.05) is 45.9 Å². The second-order valence-electron chi connectivity index (χ2n) is 5.44. The normalized spacial score (nSPS) is 22.9. The molecular formula is C15H18F2N2O3. The zero-order valence-electron chi connectivity index (χ0n) is 12.1. The number of nitrogens with zero attached hydrogens (tertiary/aromatic N) is 2. The van der Waals surface area contributed by atoms with Crippen molar-refractivity contribution in [1.82, 2.24) is 9.80 Å². The monoisotopic (exact) mass is 312 g/mol. The second kappa shape index (κ2) is 6.58. The molecule has 2 fully saturated rings. The lowest BCUT2D eigenvalue weighted by atomic mass is 10.1. The van der Waals surface area contributed by atoms with E-state index in [0.29, 0.717) is 45.0 Å². The van der Waals surface area contributed by atoms with Crippen LogP contribution in [0.3, 0.4) is 0 Å². The first-order chi connectivity index (χ1) is 10.6. The first kappa shape index (κ1) is 15.2. The number of carbonyl (C=O) groups excluding carboxylic acids is 1. The molecule has 0 aromatic heterocycles. The van der Waals surface area contributed by atoms with Gasteiger partial charge in [0.1, 0.15) is 6.61 Å². The molecule has 2 heterocycles. The summed E-state index contributed by atoms with van der Waals surface area (Å²) in [5.74, 6) is -1.72. The van der Waals surface area contributed by atoms with Crippen molar-refractivity contribution in [2.45, 2.75) is 6.10 Å². The highest BCUT2D eigenvalue weighted by molar-refractivity contribution is 5.69. The van der Waals surface area contributed by atoms with Crippen molar-refractivity contribution < 1.29 is 23.0 Å². The van der Waals surface area contributed by atoms with Gasteiger partial charge >= 0.3 is 6.09 Å². The van der Waals surface area contributed by atoms with Crippen LogP contribution in [-0.2, 0) is 9.47 Å². The van der Waals surface area contributed by atoms with Crippen LogP contribution in [0, 0.1) is 11.6 Å². The van der Waals surface area contributed by atoms with E-state index in [4.69, 9.17) is 9.47 Å². The van der Waals surface area contributed by atoms with E-state index in [1.165, 1.54) is 6.07 Å². The molecule has 2 aliphatic heterocycles. The summed E-state index contributed by atoms with van der Waals surface area (Å²) in [5, 5.41) is 0. The van der Waals surface area contributed by atoms with Crippen LogP contribution in [-0.4, -0.2) is 61.8 Å². The van der Waals surface area contributed by atoms with Gasteiger partial charge in [-0.3, -0.25) is 4.90 Å². The van der Waals surface area contributed by atoms with E-state index >= 15 is 0 Å². The summed E-state index contributed by atoms with van der Waals surface area (Å²) in [7, 11) is 0. The summed E-state index contributed by atoms with van der Waals surface area (Å²) in [6.45, 7) is 4.24. The van der Waals surface area contributed by atoms with Crippen molar-refractivity contribution in [2.24, 2.45) is 0 Å². The summed E-state index contributed by atoms with van der Waals surface area (Å²) >= 11 is 0. The Kier molecular flexibility index (Phi) is 4.54. The van der Waals surface area contributed by atoms with Gasteiger partial charge in [-0.05, 0) is 17.7 Å². The van der Waals surface area contributed by atoms with Gasteiger partial charge in [0.05, 0.1) is 19.3 Å². The topological polar surface area (TPSA) is 42.0 Å². The SMILES string of the molecule is O=C1OCCN1CCN1CCOC(c2ccc(F)c(F)c2)C1. The Bertz CT molecular complexity index is 556. The van der Waals surface area contributed by atoms with Crippen LogP contribution in [0.4, 0.5) is 13.6 Å². The summed E-state index contributed by atoms with van der Waals surface area (Å²) in [6, 6.07) is 3.85. The first-order valence-electron chi connectivity index (χ1n) is 7.34. The second-order valence-corrected chi connectivity index (χ2v) is 5.44. The molecular weight excluding hydrogens is 294 g/mol. The first-order valence-corrected chi connectivity index (χ1v) is 7.34. The molecule has 1 atom stereocenters. The van der Waals surface area contributed by atoms with Gasteiger partial charge in [0.2, 0.25) is 0 Å². The number of cyclic esters (lactones) is 1. The maximum absolute atomic E-state index is 13.3. The Morgan fingerprint density at radius 1 is 1.14 bits per heavy atom. The number of benzene rings is 1. The van der Waals surface area contributed by atoms with E-state index < -0.39 is 11.6 Å². The Balaban J connectivity index is 1.56. The minimum Gasteiger partial charge on any atom is -0.448 e. The zero-order chi connectivity index (χ0) is 15.5. The van der Waals surface area contributed by atoms with Crippen molar-refractivity contribution in [3.05, 3.63) is 35.4 Å². The van der Waals surface area contributed by atoms with Crippen LogP contribution in [0.15, 0.2) is 18.2 Å². The molecule has 0 saturated carbocycles. The lowest BCUT2D eigenvalue weighted by Gasteiger charge is -2.33. The predicted octanol–water partition coefficient (Wildman–Crippen LogP) is 1.79. The Hall–Kier alpha value is -1.73. The van der Waals surface area contributed by atoms with Gasteiger partial charge in [-0.2, -0.15) is 0 Å². The fourth-order valence-corrected chi connectivity index (χ4v) is 2.71. The van der Waals surface area contributed by atoms with Gasteiger partial charge in [-0.1, -0.05) is 6.07 Å². The standard InChI is InChI=1S/C15H18F2N2O3/c16-12-2-1-11(9-13(12)17)14-10-18(5-7-21-14)3-4-19-6-8-22-15(19)20/h1-2,9,14H,3-8,10H2. The van der Waals surface area contributed by atoms with E-state index in [2.05, 4.69) is 4.90 Å². The molecule has 3 rings (SSSR count). The van der Waals surface area contributed by atoms with Gasteiger partial charge in [-0.25, -0.2) is 13.6 Å². The van der Waals surface area contributed by atoms with Crippen LogP contribution in [0.25, 0.3) is 0 Å². The smallest absolute Gasteiger partial charge is 0.409 e. The number of amides is 1. The van der Waals surface area contributed by atoms with Crippen molar-refractivity contribution in [3.63, 3.8) is 0 Å². The number of rotatable bonds is 4. The molecule has 1 aromatic rings. The van der Waals surface area contributed by atoms with E-state index in [1.54, 1.807) is 11.0 Å². The average Bonchev–Trinajstić information content (AvgIpc) is 2.93. The lowest BCUT2D eigenvalue weighted by molar-refractivity contribution is -0.0312. The van der Waals surface area contributed by atoms with E-state index in [9.17, 15) is 13.6 Å².